The summed E-state index contributed by atoms with van der Waals surface area (Å²) in [6.45, 7) is 4.85. The van der Waals surface area contributed by atoms with Gasteiger partial charge >= 0.3 is 0 Å². The Morgan fingerprint density at radius 3 is 2.75 bits per heavy atom. The van der Waals surface area contributed by atoms with E-state index in [0.29, 0.717) is 18.9 Å². The Bertz CT molecular complexity index is 882. The zero-order valence-corrected chi connectivity index (χ0v) is 13.6. The molecule has 0 aliphatic carbocycles. The van der Waals surface area contributed by atoms with Gasteiger partial charge in [-0.1, -0.05) is 30.3 Å². The molecule has 1 aliphatic heterocycles. The number of benzene rings is 1. The lowest BCUT2D eigenvalue weighted by atomic mass is 10.1. The van der Waals surface area contributed by atoms with E-state index in [1.165, 1.54) is 0 Å². The van der Waals surface area contributed by atoms with Crippen LogP contribution in [0.4, 0.5) is 0 Å². The van der Waals surface area contributed by atoms with Crippen molar-refractivity contribution in [2.45, 2.75) is 33.0 Å². The van der Waals surface area contributed by atoms with Crippen LogP contribution in [0.15, 0.2) is 36.7 Å². The molecule has 2 aromatic heterocycles. The van der Waals surface area contributed by atoms with Crippen molar-refractivity contribution in [2.24, 2.45) is 0 Å². The molecule has 0 spiro atoms. The van der Waals surface area contributed by atoms with E-state index in [9.17, 15) is 4.79 Å². The first-order valence-corrected chi connectivity index (χ1v) is 7.92. The number of hydrogen-bond acceptors (Lipinski definition) is 4. The lowest BCUT2D eigenvalue weighted by molar-refractivity contribution is -0.137. The van der Waals surface area contributed by atoms with Crippen LogP contribution >= 0.6 is 0 Å². The molecule has 0 fully saturated rings. The van der Waals surface area contributed by atoms with Gasteiger partial charge in [0.2, 0.25) is 5.91 Å². The first-order chi connectivity index (χ1) is 11.6. The molecule has 7 heteroatoms. The number of carbonyl (C=O) groups is 1. The quantitative estimate of drug-likeness (QED) is 0.800. The van der Waals surface area contributed by atoms with Crippen molar-refractivity contribution in [3.63, 3.8) is 0 Å². The third kappa shape index (κ3) is 2.29. The molecule has 1 atom stereocenters. The number of aromatic amines is 1. The van der Waals surface area contributed by atoms with Gasteiger partial charge in [-0.3, -0.25) is 9.36 Å². The minimum atomic E-state index is -0.349. The van der Waals surface area contributed by atoms with E-state index in [-0.39, 0.29) is 11.9 Å². The first-order valence-electron chi connectivity index (χ1n) is 7.92. The van der Waals surface area contributed by atoms with Gasteiger partial charge in [0.15, 0.2) is 11.6 Å². The van der Waals surface area contributed by atoms with E-state index in [4.69, 9.17) is 0 Å². The molecule has 4 rings (SSSR count). The van der Waals surface area contributed by atoms with Crippen LogP contribution in [0, 0.1) is 6.92 Å². The molecule has 0 saturated heterocycles. The zero-order chi connectivity index (χ0) is 16.7. The summed E-state index contributed by atoms with van der Waals surface area (Å²) in [6, 6.07) is 9.63. The molecule has 24 heavy (non-hydrogen) atoms. The summed E-state index contributed by atoms with van der Waals surface area (Å²) in [6.07, 6.45) is 1.63. The third-order valence-corrected chi connectivity index (χ3v) is 4.41. The van der Waals surface area contributed by atoms with Crippen LogP contribution in [0.3, 0.4) is 0 Å². The van der Waals surface area contributed by atoms with Gasteiger partial charge in [-0.05, 0) is 19.4 Å². The van der Waals surface area contributed by atoms with E-state index in [0.717, 1.165) is 22.8 Å². The fourth-order valence-corrected chi connectivity index (χ4v) is 3.15. The Labute approximate surface area is 139 Å². The van der Waals surface area contributed by atoms with Crippen LogP contribution in [0.5, 0.6) is 0 Å². The van der Waals surface area contributed by atoms with E-state index in [1.54, 1.807) is 6.33 Å². The highest BCUT2D eigenvalue weighted by Crippen LogP contribution is 2.29. The highest BCUT2D eigenvalue weighted by atomic mass is 16.2. The average molecular weight is 322 g/mol. The largest absolute Gasteiger partial charge is 0.348 e. The van der Waals surface area contributed by atoms with Gasteiger partial charge in [0.05, 0.1) is 12.9 Å². The molecule has 0 unspecified atom stereocenters. The summed E-state index contributed by atoms with van der Waals surface area (Å²) < 4.78 is 1.90. The van der Waals surface area contributed by atoms with E-state index in [2.05, 4.69) is 20.2 Å². The molecule has 3 heterocycles. The lowest BCUT2D eigenvalue weighted by Crippen LogP contribution is -2.41. The van der Waals surface area contributed by atoms with Crippen LogP contribution in [0.25, 0.3) is 11.5 Å². The number of hydrogen-bond donors (Lipinski definition) is 1. The molecular formula is C17H18N6O. The van der Waals surface area contributed by atoms with Gasteiger partial charge in [0.1, 0.15) is 11.7 Å². The van der Waals surface area contributed by atoms with Crippen LogP contribution in [0.2, 0.25) is 0 Å². The fourth-order valence-electron chi connectivity index (χ4n) is 3.15. The Kier molecular flexibility index (Phi) is 3.41. The highest BCUT2D eigenvalue weighted by molar-refractivity contribution is 5.82. The lowest BCUT2D eigenvalue weighted by Gasteiger charge is -2.32. The SMILES string of the molecule is Cc1[nH]cnc1-c1nnc2n1[C@@H](C)C(=O)N(Cc1ccccc1)C2. The summed E-state index contributed by atoms with van der Waals surface area (Å²) in [5.41, 5.74) is 2.76. The molecule has 7 nitrogen and oxygen atoms in total. The van der Waals surface area contributed by atoms with Crippen LogP contribution in [-0.4, -0.2) is 35.5 Å². The Balaban J connectivity index is 1.68. The van der Waals surface area contributed by atoms with Gasteiger partial charge in [-0.15, -0.1) is 10.2 Å². The van der Waals surface area contributed by atoms with Crippen molar-refractivity contribution in [1.29, 1.82) is 0 Å². The number of fused-ring (bicyclic) bond motifs is 1. The standard InChI is InChI=1S/C17H18N6O/c1-11-15(19-10-18-11)16-21-20-14-9-22(17(24)12(2)23(14)16)8-13-6-4-3-5-7-13/h3-7,10,12H,8-9H2,1-2H3,(H,18,19)/t12-/m0/s1. The smallest absolute Gasteiger partial charge is 0.246 e. The normalized spacial score (nSPS) is 17.2. The monoisotopic (exact) mass is 322 g/mol. The molecule has 1 aliphatic rings. The minimum Gasteiger partial charge on any atom is -0.348 e. The maximum atomic E-state index is 12.8. The van der Waals surface area contributed by atoms with Crippen molar-refractivity contribution in [3.8, 4) is 11.5 Å². The summed E-state index contributed by atoms with van der Waals surface area (Å²) in [4.78, 5) is 22.0. The van der Waals surface area contributed by atoms with Crippen molar-refractivity contribution in [3.05, 3.63) is 53.7 Å². The predicted octanol–water partition coefficient (Wildman–Crippen LogP) is 2.08. The number of carbonyl (C=O) groups excluding carboxylic acids is 1. The Morgan fingerprint density at radius 1 is 1.25 bits per heavy atom. The van der Waals surface area contributed by atoms with Gasteiger partial charge in [-0.25, -0.2) is 4.98 Å². The molecule has 0 radical (unpaired) electrons. The van der Waals surface area contributed by atoms with Crippen LogP contribution in [-0.2, 0) is 17.9 Å². The summed E-state index contributed by atoms with van der Waals surface area (Å²) in [7, 11) is 0. The number of imidazole rings is 1. The summed E-state index contributed by atoms with van der Waals surface area (Å²) >= 11 is 0. The van der Waals surface area contributed by atoms with Gasteiger partial charge in [-0.2, -0.15) is 0 Å². The summed E-state index contributed by atoms with van der Waals surface area (Å²) in [5.74, 6) is 1.50. The predicted molar refractivity (Wildman–Crippen MR) is 87.7 cm³/mol. The number of nitrogens with zero attached hydrogens (tertiary/aromatic N) is 5. The number of nitrogens with one attached hydrogen (secondary N) is 1. The second kappa shape index (κ2) is 5.59. The van der Waals surface area contributed by atoms with Crippen molar-refractivity contribution < 1.29 is 4.79 Å². The molecule has 1 amide bonds. The van der Waals surface area contributed by atoms with Gasteiger partial charge in [0.25, 0.3) is 0 Å². The topological polar surface area (TPSA) is 79.7 Å². The molecule has 0 saturated carbocycles. The molecule has 1 aromatic carbocycles. The highest BCUT2D eigenvalue weighted by Gasteiger charge is 2.34. The van der Waals surface area contributed by atoms with Crippen LogP contribution < -0.4 is 0 Å². The molecule has 1 N–H and O–H groups in total. The van der Waals surface area contributed by atoms with Crippen molar-refractivity contribution in [2.75, 3.05) is 0 Å². The molecule has 3 aromatic rings. The van der Waals surface area contributed by atoms with Crippen LogP contribution in [0.1, 0.15) is 30.0 Å². The van der Waals surface area contributed by atoms with E-state index >= 15 is 0 Å². The van der Waals surface area contributed by atoms with Crippen molar-refractivity contribution >= 4 is 5.91 Å². The number of H-pyrrole nitrogens is 1. The molecule has 0 bridgehead atoms. The second-order valence-electron chi connectivity index (χ2n) is 6.04. The van der Waals surface area contributed by atoms with E-state index in [1.807, 2.05) is 53.6 Å². The summed E-state index contributed by atoms with van der Waals surface area (Å²) in [5, 5.41) is 8.57. The maximum Gasteiger partial charge on any atom is 0.246 e. The molecule has 122 valence electrons. The Morgan fingerprint density at radius 2 is 2.04 bits per heavy atom. The third-order valence-electron chi connectivity index (χ3n) is 4.41. The van der Waals surface area contributed by atoms with E-state index < -0.39 is 0 Å². The number of rotatable bonds is 3. The number of aromatic nitrogens is 5. The van der Waals surface area contributed by atoms with Gasteiger partial charge in [0, 0.05) is 12.2 Å². The first kappa shape index (κ1) is 14.6. The number of amides is 1. The average Bonchev–Trinajstić information content (AvgIpc) is 3.19. The maximum absolute atomic E-state index is 12.8. The number of aryl methyl sites for hydroxylation is 1. The van der Waals surface area contributed by atoms with Gasteiger partial charge < -0.3 is 9.88 Å². The Hall–Kier alpha value is -2.96. The fraction of sp³-hybridized carbons (Fsp3) is 0.294. The zero-order valence-electron chi connectivity index (χ0n) is 13.6. The minimum absolute atomic E-state index is 0.0700. The molecular weight excluding hydrogens is 304 g/mol. The van der Waals surface area contributed by atoms with Crippen molar-refractivity contribution in [1.82, 2.24) is 29.6 Å². The second-order valence-corrected chi connectivity index (χ2v) is 6.04.